The van der Waals surface area contributed by atoms with E-state index in [2.05, 4.69) is 20.8 Å². The van der Waals surface area contributed by atoms with Gasteiger partial charge in [0, 0.05) is 0 Å². The van der Waals surface area contributed by atoms with Gasteiger partial charge in [-0.05, 0) is 5.92 Å². The molecular formula is C20H41. The molecule has 0 heteroatoms. The smallest absolute Gasteiger partial charge is 0.0414 e. The first-order valence-electron chi connectivity index (χ1n) is 9.64. The fraction of sp³-hybridized carbons (Fsp3) is 0.950. The Morgan fingerprint density at radius 2 is 0.900 bits per heavy atom. The van der Waals surface area contributed by atoms with Crippen LogP contribution in [0.3, 0.4) is 0 Å². The van der Waals surface area contributed by atoms with Crippen molar-refractivity contribution in [3.05, 3.63) is 6.92 Å². The molecule has 0 aliphatic heterocycles. The van der Waals surface area contributed by atoms with Crippen LogP contribution in [0.25, 0.3) is 0 Å². The summed E-state index contributed by atoms with van der Waals surface area (Å²) in [6.45, 7) is 8.74. The zero-order chi connectivity index (χ0) is 14.9. The van der Waals surface area contributed by atoms with E-state index in [4.69, 9.17) is 0 Å². The highest BCUT2D eigenvalue weighted by atomic mass is 14.1. The number of hydrogen-bond acceptors (Lipinski definition) is 0. The number of hydrogen-bond donors (Lipinski definition) is 0. The summed E-state index contributed by atoms with van der Waals surface area (Å²) < 4.78 is 0. The van der Waals surface area contributed by atoms with Gasteiger partial charge < -0.3 is 0 Å². The van der Waals surface area contributed by atoms with Crippen LogP contribution in [0.5, 0.6) is 0 Å². The van der Waals surface area contributed by atoms with Crippen LogP contribution in [0.2, 0.25) is 0 Å². The van der Waals surface area contributed by atoms with E-state index in [1.807, 2.05) is 0 Å². The van der Waals surface area contributed by atoms with Gasteiger partial charge >= 0.3 is 0 Å². The van der Waals surface area contributed by atoms with Gasteiger partial charge in [0.25, 0.3) is 0 Å². The average Bonchev–Trinajstić information content (AvgIpc) is 2.47. The topological polar surface area (TPSA) is 0 Å². The molecular weight excluding hydrogens is 240 g/mol. The van der Waals surface area contributed by atoms with Crippen molar-refractivity contribution in [3.63, 3.8) is 0 Å². The lowest BCUT2D eigenvalue weighted by atomic mass is 9.92. The molecule has 0 aromatic carbocycles. The molecule has 0 saturated heterocycles. The lowest BCUT2D eigenvalue weighted by Gasteiger charge is -2.14. The average molecular weight is 282 g/mol. The van der Waals surface area contributed by atoms with Crippen LogP contribution in [-0.4, -0.2) is 0 Å². The molecule has 0 spiro atoms. The standard InChI is InChI=1S/C20H41/c1-4-7-9-11-13-15-17-19-20(6-3)18-16-14-12-10-8-5-2/h20H,3-19H2,1-2H3. The van der Waals surface area contributed by atoms with Crippen molar-refractivity contribution in [1.82, 2.24) is 0 Å². The summed E-state index contributed by atoms with van der Waals surface area (Å²) in [4.78, 5) is 0. The third kappa shape index (κ3) is 14.4. The Hall–Kier alpha value is 0. The summed E-state index contributed by atoms with van der Waals surface area (Å²) in [6, 6.07) is 0. The second-order valence-electron chi connectivity index (χ2n) is 6.62. The van der Waals surface area contributed by atoms with Crippen LogP contribution in [-0.2, 0) is 0 Å². The maximum Gasteiger partial charge on any atom is -0.0414 e. The zero-order valence-corrected chi connectivity index (χ0v) is 14.6. The van der Waals surface area contributed by atoms with E-state index in [0.717, 1.165) is 12.3 Å². The Morgan fingerprint density at radius 3 is 1.25 bits per heavy atom. The van der Waals surface area contributed by atoms with Crippen molar-refractivity contribution >= 4 is 0 Å². The SMILES string of the molecule is [CH2]CC(CCCCCCCC)CCCCCCCCC. The third-order valence-electron chi connectivity index (χ3n) is 4.59. The molecule has 0 nitrogen and oxygen atoms in total. The molecule has 0 aliphatic rings. The molecule has 20 heavy (non-hydrogen) atoms. The van der Waals surface area contributed by atoms with Crippen LogP contribution in [0.4, 0.5) is 0 Å². The van der Waals surface area contributed by atoms with Gasteiger partial charge in [0.05, 0.1) is 0 Å². The van der Waals surface area contributed by atoms with E-state index in [0.29, 0.717) is 0 Å². The fourth-order valence-electron chi connectivity index (χ4n) is 3.04. The van der Waals surface area contributed by atoms with Crippen molar-refractivity contribution < 1.29 is 0 Å². The molecule has 0 N–H and O–H groups in total. The maximum absolute atomic E-state index is 4.15. The van der Waals surface area contributed by atoms with E-state index in [9.17, 15) is 0 Å². The first-order valence-corrected chi connectivity index (χ1v) is 9.64. The second-order valence-corrected chi connectivity index (χ2v) is 6.62. The minimum Gasteiger partial charge on any atom is -0.0654 e. The van der Waals surface area contributed by atoms with Crippen LogP contribution in [0, 0.1) is 12.8 Å². The molecule has 0 saturated carbocycles. The Bertz CT molecular complexity index is 161. The van der Waals surface area contributed by atoms with Gasteiger partial charge in [-0.3, -0.25) is 0 Å². The van der Waals surface area contributed by atoms with Crippen molar-refractivity contribution in [2.24, 2.45) is 5.92 Å². The number of unbranched alkanes of at least 4 members (excludes halogenated alkanes) is 11. The van der Waals surface area contributed by atoms with E-state index >= 15 is 0 Å². The van der Waals surface area contributed by atoms with Gasteiger partial charge in [-0.25, -0.2) is 0 Å². The van der Waals surface area contributed by atoms with Gasteiger partial charge in [-0.15, -0.1) is 0 Å². The zero-order valence-electron chi connectivity index (χ0n) is 14.6. The lowest BCUT2D eigenvalue weighted by Crippen LogP contribution is -1.99. The predicted octanol–water partition coefficient (Wildman–Crippen LogP) is 7.72. The summed E-state index contributed by atoms with van der Waals surface area (Å²) in [5.41, 5.74) is 0. The summed E-state index contributed by atoms with van der Waals surface area (Å²) in [6.07, 6.45) is 22.7. The lowest BCUT2D eigenvalue weighted by molar-refractivity contribution is 0.405. The third-order valence-corrected chi connectivity index (χ3v) is 4.59. The molecule has 0 heterocycles. The van der Waals surface area contributed by atoms with Crippen molar-refractivity contribution in [2.75, 3.05) is 0 Å². The molecule has 0 rings (SSSR count). The largest absolute Gasteiger partial charge is 0.0654 e. The van der Waals surface area contributed by atoms with Crippen molar-refractivity contribution in [2.45, 2.75) is 117 Å². The highest BCUT2D eigenvalue weighted by Crippen LogP contribution is 2.21. The summed E-state index contributed by atoms with van der Waals surface area (Å²) >= 11 is 0. The number of rotatable bonds is 16. The van der Waals surface area contributed by atoms with Crippen molar-refractivity contribution in [1.29, 1.82) is 0 Å². The molecule has 1 atom stereocenters. The molecule has 0 fully saturated rings. The van der Waals surface area contributed by atoms with E-state index in [-0.39, 0.29) is 0 Å². The molecule has 0 aliphatic carbocycles. The summed E-state index contributed by atoms with van der Waals surface area (Å²) in [5, 5.41) is 0. The van der Waals surface area contributed by atoms with Crippen LogP contribution in [0.15, 0.2) is 0 Å². The Labute approximate surface area is 130 Å². The highest BCUT2D eigenvalue weighted by molar-refractivity contribution is 4.62. The van der Waals surface area contributed by atoms with E-state index in [1.54, 1.807) is 0 Å². The van der Waals surface area contributed by atoms with E-state index in [1.165, 1.54) is 96.3 Å². The Balaban J connectivity index is 3.29. The molecule has 1 unspecified atom stereocenters. The fourth-order valence-corrected chi connectivity index (χ4v) is 3.04. The van der Waals surface area contributed by atoms with Gasteiger partial charge in [-0.2, -0.15) is 0 Å². The van der Waals surface area contributed by atoms with Gasteiger partial charge in [-0.1, -0.05) is 124 Å². The molecule has 0 bridgehead atoms. The quantitative estimate of drug-likeness (QED) is 0.254. The molecule has 0 aromatic heterocycles. The molecule has 0 aromatic rings. The van der Waals surface area contributed by atoms with Gasteiger partial charge in [0.1, 0.15) is 0 Å². The summed E-state index contributed by atoms with van der Waals surface area (Å²) in [7, 11) is 0. The highest BCUT2D eigenvalue weighted by Gasteiger charge is 2.05. The summed E-state index contributed by atoms with van der Waals surface area (Å²) in [5.74, 6) is 0.914. The minimum absolute atomic E-state index is 0.914. The Morgan fingerprint density at radius 1 is 0.550 bits per heavy atom. The predicted molar refractivity (Wildman–Crippen MR) is 94.1 cm³/mol. The van der Waals surface area contributed by atoms with Gasteiger partial charge in [0.2, 0.25) is 0 Å². The molecule has 1 radical (unpaired) electrons. The van der Waals surface area contributed by atoms with Crippen LogP contribution in [0.1, 0.15) is 117 Å². The normalized spacial score (nSPS) is 12.8. The first kappa shape index (κ1) is 20.0. The minimum atomic E-state index is 0.914. The first-order chi connectivity index (χ1) is 9.85. The molecule has 0 amide bonds. The van der Waals surface area contributed by atoms with E-state index < -0.39 is 0 Å². The van der Waals surface area contributed by atoms with Crippen LogP contribution >= 0.6 is 0 Å². The maximum atomic E-state index is 4.15. The monoisotopic (exact) mass is 281 g/mol. The Kier molecular flexibility index (Phi) is 17.1. The van der Waals surface area contributed by atoms with Crippen LogP contribution < -0.4 is 0 Å². The van der Waals surface area contributed by atoms with Gasteiger partial charge in [0.15, 0.2) is 0 Å². The van der Waals surface area contributed by atoms with Crippen molar-refractivity contribution in [3.8, 4) is 0 Å². The second kappa shape index (κ2) is 17.1. The molecule has 121 valence electrons.